The lowest BCUT2D eigenvalue weighted by molar-refractivity contribution is 0.0709. The van der Waals surface area contributed by atoms with Gasteiger partial charge in [0, 0.05) is 30.0 Å². The highest BCUT2D eigenvalue weighted by molar-refractivity contribution is 5.92. The van der Waals surface area contributed by atoms with Crippen LogP contribution < -0.4 is 5.56 Å². The molecule has 27 heavy (non-hydrogen) atoms. The van der Waals surface area contributed by atoms with Crippen molar-refractivity contribution in [3.8, 4) is 0 Å². The summed E-state index contributed by atoms with van der Waals surface area (Å²) in [7, 11) is 0. The summed E-state index contributed by atoms with van der Waals surface area (Å²) in [5.41, 5.74) is 0.955. The van der Waals surface area contributed by atoms with Gasteiger partial charge in [0.1, 0.15) is 5.76 Å². The number of hydrogen-bond acceptors (Lipinski definition) is 5. The molecule has 7 heteroatoms. The minimum absolute atomic E-state index is 0.0565. The van der Waals surface area contributed by atoms with Gasteiger partial charge in [-0.2, -0.15) is 5.10 Å². The molecule has 1 saturated heterocycles. The number of aromatic nitrogens is 3. The highest BCUT2D eigenvalue weighted by atomic mass is 16.5. The van der Waals surface area contributed by atoms with Gasteiger partial charge in [0.05, 0.1) is 18.3 Å². The molecule has 2 aliphatic rings. The molecule has 0 N–H and O–H groups in total. The first-order valence-electron chi connectivity index (χ1n) is 9.69. The van der Waals surface area contributed by atoms with Crippen molar-refractivity contribution >= 4 is 5.91 Å². The van der Waals surface area contributed by atoms with Crippen LogP contribution in [0.25, 0.3) is 0 Å². The van der Waals surface area contributed by atoms with Crippen LogP contribution in [0, 0.1) is 0 Å². The number of amides is 1. The van der Waals surface area contributed by atoms with E-state index in [4.69, 9.17) is 4.52 Å². The van der Waals surface area contributed by atoms with Crippen molar-refractivity contribution in [3.63, 3.8) is 0 Å². The SMILES string of the molecule is CC(C)(C)c1ccc(=O)n(CC2CCCN2C(=O)c2cc(C3CC3)on2)n1. The van der Waals surface area contributed by atoms with Gasteiger partial charge in [-0.25, -0.2) is 4.68 Å². The highest BCUT2D eigenvalue weighted by Crippen LogP contribution is 2.40. The van der Waals surface area contributed by atoms with E-state index in [2.05, 4.69) is 31.0 Å². The molecule has 0 spiro atoms. The Balaban J connectivity index is 1.53. The number of nitrogens with zero attached hydrogens (tertiary/aromatic N) is 4. The van der Waals surface area contributed by atoms with Crippen LogP contribution in [0.3, 0.4) is 0 Å². The summed E-state index contributed by atoms with van der Waals surface area (Å²) in [6, 6.07) is 5.07. The van der Waals surface area contributed by atoms with Crippen LogP contribution in [0.2, 0.25) is 0 Å². The van der Waals surface area contributed by atoms with Crippen LogP contribution in [-0.4, -0.2) is 38.3 Å². The van der Waals surface area contributed by atoms with E-state index in [1.54, 1.807) is 18.2 Å². The number of carbonyl (C=O) groups excluding carboxylic acids is 1. The molecule has 1 unspecified atom stereocenters. The monoisotopic (exact) mass is 370 g/mol. The lowest BCUT2D eigenvalue weighted by atomic mass is 9.92. The van der Waals surface area contributed by atoms with E-state index < -0.39 is 0 Å². The first kappa shape index (κ1) is 17.9. The smallest absolute Gasteiger partial charge is 0.276 e. The van der Waals surface area contributed by atoms with Crippen molar-refractivity contribution < 1.29 is 9.32 Å². The molecule has 1 aliphatic heterocycles. The quantitative estimate of drug-likeness (QED) is 0.826. The number of carbonyl (C=O) groups is 1. The third kappa shape index (κ3) is 3.68. The Morgan fingerprint density at radius 1 is 1.26 bits per heavy atom. The van der Waals surface area contributed by atoms with Gasteiger partial charge < -0.3 is 9.42 Å². The zero-order valence-electron chi connectivity index (χ0n) is 16.1. The average Bonchev–Trinajstić information content (AvgIpc) is 3.17. The third-order valence-corrected chi connectivity index (χ3v) is 5.38. The predicted octanol–water partition coefficient (Wildman–Crippen LogP) is 2.71. The zero-order chi connectivity index (χ0) is 19.2. The molecule has 1 saturated carbocycles. The third-order valence-electron chi connectivity index (χ3n) is 5.38. The Labute approximate surface area is 158 Å². The van der Waals surface area contributed by atoms with Crippen molar-refractivity contribution in [2.24, 2.45) is 0 Å². The fourth-order valence-corrected chi connectivity index (χ4v) is 3.57. The van der Waals surface area contributed by atoms with E-state index in [0.29, 0.717) is 24.7 Å². The number of likely N-dealkylation sites (tertiary alicyclic amines) is 1. The van der Waals surface area contributed by atoms with Crippen molar-refractivity contribution in [3.05, 3.63) is 45.7 Å². The minimum Gasteiger partial charge on any atom is -0.360 e. The summed E-state index contributed by atoms with van der Waals surface area (Å²) in [4.78, 5) is 27.0. The molecule has 7 nitrogen and oxygen atoms in total. The second-order valence-corrected chi connectivity index (χ2v) is 8.67. The normalized spacial score (nSPS) is 20.3. The van der Waals surface area contributed by atoms with Crippen LogP contribution in [0.15, 0.2) is 27.5 Å². The Hall–Kier alpha value is -2.44. The van der Waals surface area contributed by atoms with Gasteiger partial charge in [0.15, 0.2) is 5.69 Å². The maximum atomic E-state index is 12.9. The van der Waals surface area contributed by atoms with Gasteiger partial charge in [0.2, 0.25) is 0 Å². The van der Waals surface area contributed by atoms with E-state index >= 15 is 0 Å². The van der Waals surface area contributed by atoms with E-state index in [0.717, 1.165) is 37.1 Å². The maximum absolute atomic E-state index is 12.9. The van der Waals surface area contributed by atoms with Crippen molar-refractivity contribution in [2.75, 3.05) is 6.54 Å². The first-order chi connectivity index (χ1) is 12.8. The molecule has 3 heterocycles. The highest BCUT2D eigenvalue weighted by Gasteiger charge is 2.34. The van der Waals surface area contributed by atoms with E-state index in [9.17, 15) is 9.59 Å². The van der Waals surface area contributed by atoms with Crippen LogP contribution in [0.5, 0.6) is 0 Å². The molecule has 0 aromatic carbocycles. The van der Waals surface area contributed by atoms with Gasteiger partial charge in [0.25, 0.3) is 11.5 Å². The molecular formula is C20H26N4O3. The van der Waals surface area contributed by atoms with Crippen LogP contribution >= 0.6 is 0 Å². The summed E-state index contributed by atoms with van der Waals surface area (Å²) in [6.07, 6.45) is 3.98. The minimum atomic E-state index is -0.139. The van der Waals surface area contributed by atoms with Gasteiger partial charge >= 0.3 is 0 Å². The molecule has 1 atom stereocenters. The fourth-order valence-electron chi connectivity index (χ4n) is 3.57. The summed E-state index contributed by atoms with van der Waals surface area (Å²) >= 11 is 0. The number of hydrogen-bond donors (Lipinski definition) is 0. The Morgan fingerprint density at radius 2 is 2.04 bits per heavy atom. The molecule has 1 aliphatic carbocycles. The Bertz CT molecular complexity index is 904. The summed E-state index contributed by atoms with van der Waals surface area (Å²) in [5, 5.41) is 8.52. The summed E-state index contributed by atoms with van der Waals surface area (Å²) in [5.74, 6) is 1.12. The standard InChI is InChI=1S/C20H26N4O3/c1-20(2,3)17-8-9-18(25)24(21-17)12-14-5-4-10-23(14)19(26)15-11-16(27-22-15)13-6-7-13/h8-9,11,13-14H,4-7,10,12H2,1-3H3. The molecule has 4 rings (SSSR count). The van der Waals surface area contributed by atoms with E-state index in [1.807, 2.05) is 4.90 Å². The largest absolute Gasteiger partial charge is 0.360 e. The maximum Gasteiger partial charge on any atom is 0.276 e. The Kier molecular flexibility index (Phi) is 4.40. The fraction of sp³-hybridized carbons (Fsp3) is 0.600. The van der Waals surface area contributed by atoms with Gasteiger partial charge in [-0.3, -0.25) is 9.59 Å². The summed E-state index contributed by atoms with van der Waals surface area (Å²) in [6.45, 7) is 7.28. The average molecular weight is 370 g/mol. The van der Waals surface area contributed by atoms with Crippen molar-refractivity contribution in [1.82, 2.24) is 19.8 Å². The lowest BCUT2D eigenvalue weighted by Gasteiger charge is -2.25. The predicted molar refractivity (Wildman–Crippen MR) is 99.7 cm³/mol. The first-order valence-corrected chi connectivity index (χ1v) is 9.69. The molecule has 2 aromatic rings. The summed E-state index contributed by atoms with van der Waals surface area (Å²) < 4.78 is 6.83. The Morgan fingerprint density at radius 3 is 2.74 bits per heavy atom. The van der Waals surface area contributed by atoms with E-state index in [1.165, 1.54) is 4.68 Å². The van der Waals surface area contributed by atoms with Gasteiger partial charge in [-0.05, 0) is 31.7 Å². The second-order valence-electron chi connectivity index (χ2n) is 8.67. The van der Waals surface area contributed by atoms with Crippen LogP contribution in [-0.2, 0) is 12.0 Å². The molecule has 144 valence electrons. The number of rotatable bonds is 4. The molecular weight excluding hydrogens is 344 g/mol. The molecule has 2 fully saturated rings. The second kappa shape index (κ2) is 6.62. The van der Waals surface area contributed by atoms with Crippen molar-refractivity contribution in [1.29, 1.82) is 0 Å². The lowest BCUT2D eigenvalue weighted by Crippen LogP contribution is -2.41. The van der Waals surface area contributed by atoms with E-state index in [-0.39, 0.29) is 22.9 Å². The van der Waals surface area contributed by atoms with Crippen molar-refractivity contribution in [2.45, 2.75) is 70.4 Å². The zero-order valence-corrected chi connectivity index (χ0v) is 16.1. The molecule has 2 aromatic heterocycles. The molecule has 1 amide bonds. The van der Waals surface area contributed by atoms with Crippen LogP contribution in [0.4, 0.5) is 0 Å². The van der Waals surface area contributed by atoms with Gasteiger partial charge in [-0.1, -0.05) is 25.9 Å². The van der Waals surface area contributed by atoms with Gasteiger partial charge in [-0.15, -0.1) is 0 Å². The topological polar surface area (TPSA) is 81.2 Å². The molecule has 0 radical (unpaired) electrons. The van der Waals surface area contributed by atoms with Crippen LogP contribution in [0.1, 0.15) is 74.3 Å². The molecule has 0 bridgehead atoms.